The van der Waals surface area contributed by atoms with E-state index in [0.717, 1.165) is 49.5 Å². The fourth-order valence-corrected chi connectivity index (χ4v) is 5.27. The maximum atomic E-state index is 12.9. The minimum absolute atomic E-state index is 0.0161. The lowest BCUT2D eigenvalue weighted by Crippen LogP contribution is -2.37. The van der Waals surface area contributed by atoms with Gasteiger partial charge in [0.1, 0.15) is 5.52 Å². The minimum Gasteiger partial charge on any atom is -0.378 e. The van der Waals surface area contributed by atoms with E-state index in [9.17, 15) is 9.59 Å². The molecule has 41 heavy (non-hydrogen) atoms. The molecule has 11 heteroatoms. The number of rotatable bonds is 6. The van der Waals surface area contributed by atoms with Crippen molar-refractivity contribution in [2.75, 3.05) is 69.0 Å². The van der Waals surface area contributed by atoms with Gasteiger partial charge < -0.3 is 30.1 Å². The zero-order chi connectivity index (χ0) is 28.3. The summed E-state index contributed by atoms with van der Waals surface area (Å²) in [6, 6.07) is 18.4. The maximum absolute atomic E-state index is 12.9. The van der Waals surface area contributed by atoms with Crippen molar-refractivity contribution in [3.05, 3.63) is 72.4 Å². The molecule has 2 saturated heterocycles. The second-order valence-electron chi connectivity index (χ2n) is 10.6. The molecule has 2 aliphatic rings. The highest BCUT2D eigenvalue weighted by Gasteiger charge is 2.28. The standard InChI is InChI=1S/C30H34N8O3/c1-35(2)25-13-15-37(20-25)29(39)22-7-11-24(12-8-22)32-30(40)31-23-9-5-21(6-10-23)27-33-28(36-16-18-41-19-17-36)26-4-3-14-38(26)34-27/h3-12,14,25H,13,15-20H2,1-2H3,(H2,31,32,40)/t25-/m0/s1. The van der Waals surface area contributed by atoms with Gasteiger partial charge in [-0.1, -0.05) is 0 Å². The summed E-state index contributed by atoms with van der Waals surface area (Å²) in [7, 11) is 4.08. The molecule has 0 saturated carbocycles. The lowest BCUT2D eigenvalue weighted by molar-refractivity contribution is 0.0783. The molecule has 0 radical (unpaired) electrons. The Bertz CT molecular complexity index is 1530. The largest absolute Gasteiger partial charge is 0.378 e. The fourth-order valence-electron chi connectivity index (χ4n) is 5.27. The van der Waals surface area contributed by atoms with Crippen LogP contribution < -0.4 is 15.5 Å². The van der Waals surface area contributed by atoms with E-state index >= 15 is 0 Å². The average Bonchev–Trinajstić information content (AvgIpc) is 3.68. The van der Waals surface area contributed by atoms with Crippen molar-refractivity contribution in [3.63, 3.8) is 0 Å². The molecule has 2 N–H and O–H groups in total. The number of likely N-dealkylation sites (tertiary alicyclic amines) is 1. The van der Waals surface area contributed by atoms with Crippen LogP contribution in [0.4, 0.5) is 22.0 Å². The van der Waals surface area contributed by atoms with Gasteiger partial charge in [0.15, 0.2) is 11.6 Å². The van der Waals surface area contributed by atoms with Gasteiger partial charge in [-0.2, -0.15) is 0 Å². The van der Waals surface area contributed by atoms with Crippen molar-refractivity contribution < 1.29 is 14.3 Å². The SMILES string of the molecule is CN(C)[C@H]1CCN(C(=O)c2ccc(NC(=O)Nc3ccc(-c4nc(N5CCOCC5)c5cccn5n4)cc3)cc2)C1. The summed E-state index contributed by atoms with van der Waals surface area (Å²) in [6.07, 6.45) is 2.89. The van der Waals surface area contributed by atoms with Crippen molar-refractivity contribution in [1.29, 1.82) is 0 Å². The van der Waals surface area contributed by atoms with E-state index in [2.05, 4.69) is 25.5 Å². The molecule has 4 aromatic rings. The zero-order valence-electron chi connectivity index (χ0n) is 23.3. The van der Waals surface area contributed by atoms with Crippen molar-refractivity contribution in [2.24, 2.45) is 0 Å². The molecule has 0 aliphatic carbocycles. The first-order valence-electron chi connectivity index (χ1n) is 13.9. The lowest BCUT2D eigenvalue weighted by atomic mass is 10.2. The quantitative estimate of drug-likeness (QED) is 0.375. The number of anilines is 3. The Kier molecular flexibility index (Phi) is 7.53. The third-order valence-corrected chi connectivity index (χ3v) is 7.65. The molecule has 2 aromatic heterocycles. The molecular weight excluding hydrogens is 520 g/mol. The zero-order valence-corrected chi connectivity index (χ0v) is 23.3. The highest BCUT2D eigenvalue weighted by molar-refractivity contribution is 6.00. The molecular formula is C30H34N8O3. The fraction of sp³-hybridized carbons (Fsp3) is 0.333. The summed E-state index contributed by atoms with van der Waals surface area (Å²) in [5.74, 6) is 1.50. The molecule has 11 nitrogen and oxygen atoms in total. The number of amides is 3. The van der Waals surface area contributed by atoms with Crippen LogP contribution in [-0.2, 0) is 4.74 Å². The Labute approximate surface area is 238 Å². The number of fused-ring (bicyclic) bond motifs is 1. The summed E-state index contributed by atoms with van der Waals surface area (Å²) in [4.78, 5) is 36.7. The van der Waals surface area contributed by atoms with Crippen LogP contribution in [0.15, 0.2) is 66.9 Å². The van der Waals surface area contributed by atoms with Crippen LogP contribution >= 0.6 is 0 Å². The van der Waals surface area contributed by atoms with Crippen LogP contribution in [0.3, 0.4) is 0 Å². The number of carbonyl (C=O) groups excluding carboxylic acids is 2. The maximum Gasteiger partial charge on any atom is 0.323 e. The molecule has 212 valence electrons. The van der Waals surface area contributed by atoms with Gasteiger partial charge in [0.05, 0.1) is 13.2 Å². The Morgan fingerprint density at radius 2 is 1.61 bits per heavy atom. The van der Waals surface area contributed by atoms with E-state index < -0.39 is 0 Å². The molecule has 0 bridgehead atoms. The predicted molar refractivity (Wildman–Crippen MR) is 159 cm³/mol. The normalized spacial score (nSPS) is 17.3. The van der Waals surface area contributed by atoms with Crippen molar-refractivity contribution in [2.45, 2.75) is 12.5 Å². The van der Waals surface area contributed by atoms with Gasteiger partial charge in [0.25, 0.3) is 5.91 Å². The molecule has 0 spiro atoms. The number of aromatic nitrogens is 3. The van der Waals surface area contributed by atoms with Gasteiger partial charge in [0.2, 0.25) is 0 Å². The van der Waals surface area contributed by atoms with Gasteiger partial charge in [-0.25, -0.2) is 14.3 Å². The summed E-state index contributed by atoms with van der Waals surface area (Å²) in [6.45, 7) is 4.40. The van der Waals surface area contributed by atoms with E-state index in [1.165, 1.54) is 0 Å². The Balaban J connectivity index is 1.08. The number of likely N-dealkylation sites (N-methyl/N-ethyl adjacent to an activating group) is 1. The van der Waals surface area contributed by atoms with Crippen LogP contribution in [0.1, 0.15) is 16.8 Å². The Morgan fingerprint density at radius 1 is 0.927 bits per heavy atom. The Morgan fingerprint density at radius 3 is 2.27 bits per heavy atom. The third-order valence-electron chi connectivity index (χ3n) is 7.65. The third kappa shape index (κ3) is 5.86. The summed E-state index contributed by atoms with van der Waals surface area (Å²) in [5, 5.41) is 10.4. The van der Waals surface area contributed by atoms with Crippen molar-refractivity contribution in [1.82, 2.24) is 24.4 Å². The summed E-state index contributed by atoms with van der Waals surface area (Å²) < 4.78 is 7.35. The van der Waals surface area contributed by atoms with Crippen LogP contribution in [0.25, 0.3) is 16.9 Å². The highest BCUT2D eigenvalue weighted by Crippen LogP contribution is 2.25. The van der Waals surface area contributed by atoms with E-state index in [0.29, 0.717) is 42.0 Å². The number of carbonyl (C=O) groups is 2. The molecule has 2 aromatic carbocycles. The van der Waals surface area contributed by atoms with Crippen molar-refractivity contribution in [3.8, 4) is 11.4 Å². The molecule has 6 rings (SSSR count). The first kappa shape index (κ1) is 26.7. The monoisotopic (exact) mass is 554 g/mol. The average molecular weight is 555 g/mol. The number of nitrogens with one attached hydrogen (secondary N) is 2. The number of morpholine rings is 1. The van der Waals surface area contributed by atoms with Gasteiger partial charge >= 0.3 is 6.03 Å². The molecule has 2 aliphatic heterocycles. The number of hydrogen-bond acceptors (Lipinski definition) is 7. The highest BCUT2D eigenvalue weighted by atomic mass is 16.5. The number of ether oxygens (including phenoxy) is 1. The van der Waals surface area contributed by atoms with Gasteiger partial charge in [-0.3, -0.25) is 4.79 Å². The van der Waals surface area contributed by atoms with E-state index in [4.69, 9.17) is 9.72 Å². The predicted octanol–water partition coefficient (Wildman–Crippen LogP) is 3.65. The van der Waals surface area contributed by atoms with Gasteiger partial charge in [0, 0.05) is 60.9 Å². The lowest BCUT2D eigenvalue weighted by Gasteiger charge is -2.28. The van der Waals surface area contributed by atoms with Crippen LogP contribution in [0, 0.1) is 0 Å². The van der Waals surface area contributed by atoms with E-state index in [1.54, 1.807) is 24.3 Å². The van der Waals surface area contributed by atoms with Crippen LogP contribution in [-0.4, -0.2) is 95.9 Å². The second kappa shape index (κ2) is 11.6. The van der Waals surface area contributed by atoms with Crippen LogP contribution in [0.2, 0.25) is 0 Å². The number of urea groups is 1. The van der Waals surface area contributed by atoms with Gasteiger partial charge in [-0.05, 0) is 81.2 Å². The van der Waals surface area contributed by atoms with Crippen LogP contribution in [0.5, 0.6) is 0 Å². The molecule has 0 unspecified atom stereocenters. The molecule has 2 fully saturated rings. The second-order valence-corrected chi connectivity index (χ2v) is 10.6. The van der Waals surface area contributed by atoms with E-state index in [-0.39, 0.29) is 11.9 Å². The van der Waals surface area contributed by atoms with Gasteiger partial charge in [-0.15, -0.1) is 5.10 Å². The summed E-state index contributed by atoms with van der Waals surface area (Å²) in [5.41, 5.74) is 3.65. The Hall–Kier alpha value is -4.48. The summed E-state index contributed by atoms with van der Waals surface area (Å²) >= 11 is 0. The topological polar surface area (TPSA) is 107 Å². The molecule has 3 amide bonds. The van der Waals surface area contributed by atoms with Crippen molar-refractivity contribution >= 4 is 34.6 Å². The number of benzene rings is 2. The number of hydrogen-bond donors (Lipinski definition) is 2. The first-order valence-corrected chi connectivity index (χ1v) is 13.9. The smallest absolute Gasteiger partial charge is 0.323 e. The minimum atomic E-state index is -0.371. The first-order chi connectivity index (χ1) is 19.9. The van der Waals surface area contributed by atoms with E-state index in [1.807, 2.05) is 66.1 Å². The number of nitrogens with zero attached hydrogens (tertiary/aromatic N) is 6. The molecule has 4 heterocycles. The molecule has 1 atom stereocenters.